The van der Waals surface area contributed by atoms with E-state index in [0.717, 1.165) is 16.5 Å². The SMILES string of the molecule is Cn1c(C(=O)Nc2ccccc2C(=O)NC(Cc2ccccc2)C(=O)O)cc2ccccc21. The lowest BCUT2D eigenvalue weighted by atomic mass is 10.1. The normalized spacial score (nSPS) is 11.7. The van der Waals surface area contributed by atoms with Crippen LogP contribution >= 0.6 is 0 Å². The monoisotopic (exact) mass is 441 g/mol. The standard InChI is InChI=1S/C26H23N3O4/c1-29-22-14-8-5-11-18(22)16-23(29)25(31)27-20-13-7-6-12-19(20)24(30)28-21(26(32)33)15-17-9-3-2-4-10-17/h2-14,16,21H,15H2,1H3,(H,27,31)(H,28,30)(H,32,33). The first-order chi connectivity index (χ1) is 15.9. The minimum absolute atomic E-state index is 0.145. The molecule has 0 aliphatic carbocycles. The van der Waals surface area contributed by atoms with Crippen molar-refractivity contribution in [2.24, 2.45) is 7.05 Å². The van der Waals surface area contributed by atoms with Crippen LogP contribution in [0.3, 0.4) is 0 Å². The van der Waals surface area contributed by atoms with Gasteiger partial charge in [-0.2, -0.15) is 0 Å². The van der Waals surface area contributed by atoms with Crippen molar-refractivity contribution >= 4 is 34.4 Å². The van der Waals surface area contributed by atoms with E-state index < -0.39 is 17.9 Å². The molecular weight excluding hydrogens is 418 g/mol. The highest BCUT2D eigenvalue weighted by molar-refractivity contribution is 6.10. The van der Waals surface area contributed by atoms with E-state index >= 15 is 0 Å². The van der Waals surface area contributed by atoms with E-state index in [1.807, 2.05) is 42.5 Å². The molecule has 33 heavy (non-hydrogen) atoms. The van der Waals surface area contributed by atoms with E-state index in [-0.39, 0.29) is 17.9 Å². The topological polar surface area (TPSA) is 100 Å². The van der Waals surface area contributed by atoms with Crippen molar-refractivity contribution in [3.63, 3.8) is 0 Å². The molecule has 4 aromatic rings. The highest BCUT2D eigenvalue weighted by Gasteiger charge is 2.23. The highest BCUT2D eigenvalue weighted by Crippen LogP contribution is 2.21. The third kappa shape index (κ3) is 4.77. The molecule has 1 atom stereocenters. The van der Waals surface area contributed by atoms with Crippen LogP contribution in [0, 0.1) is 0 Å². The fourth-order valence-electron chi connectivity index (χ4n) is 3.77. The Morgan fingerprint density at radius 3 is 2.27 bits per heavy atom. The van der Waals surface area contributed by atoms with Crippen molar-refractivity contribution in [1.82, 2.24) is 9.88 Å². The molecule has 1 unspecified atom stereocenters. The van der Waals surface area contributed by atoms with Crippen molar-refractivity contribution in [2.75, 3.05) is 5.32 Å². The number of hydrogen-bond donors (Lipinski definition) is 3. The van der Waals surface area contributed by atoms with Gasteiger partial charge in [0.25, 0.3) is 11.8 Å². The number of para-hydroxylation sites is 2. The molecule has 2 amide bonds. The average Bonchev–Trinajstić information content (AvgIpc) is 3.16. The largest absolute Gasteiger partial charge is 0.480 e. The first kappa shape index (κ1) is 21.8. The summed E-state index contributed by atoms with van der Waals surface area (Å²) in [7, 11) is 1.80. The summed E-state index contributed by atoms with van der Waals surface area (Å²) in [6.45, 7) is 0. The van der Waals surface area contributed by atoms with E-state index in [4.69, 9.17) is 0 Å². The number of aromatic nitrogens is 1. The quantitative estimate of drug-likeness (QED) is 0.405. The zero-order chi connectivity index (χ0) is 23.4. The molecule has 0 saturated carbocycles. The van der Waals surface area contributed by atoms with Crippen LogP contribution in [0.5, 0.6) is 0 Å². The molecule has 0 bridgehead atoms. The number of aryl methyl sites for hydroxylation is 1. The molecule has 0 spiro atoms. The van der Waals surface area contributed by atoms with Crippen LogP contribution in [0.15, 0.2) is 84.9 Å². The molecule has 0 saturated heterocycles. The van der Waals surface area contributed by atoms with E-state index in [9.17, 15) is 19.5 Å². The molecule has 7 heteroatoms. The van der Waals surface area contributed by atoms with Gasteiger partial charge in [0.1, 0.15) is 11.7 Å². The summed E-state index contributed by atoms with van der Waals surface area (Å²) in [4.78, 5) is 37.7. The predicted octanol–water partition coefficient (Wildman–Crippen LogP) is 3.86. The van der Waals surface area contributed by atoms with Crippen molar-refractivity contribution in [3.8, 4) is 0 Å². The Kier molecular flexibility index (Phi) is 6.22. The number of carboxylic acid groups (broad SMARTS) is 1. The van der Waals surface area contributed by atoms with Crippen LogP contribution in [-0.2, 0) is 18.3 Å². The number of amides is 2. The van der Waals surface area contributed by atoms with Gasteiger partial charge in [0, 0.05) is 24.4 Å². The highest BCUT2D eigenvalue weighted by atomic mass is 16.4. The number of rotatable bonds is 7. The number of anilines is 1. The molecular formula is C26H23N3O4. The Morgan fingerprint density at radius 2 is 1.55 bits per heavy atom. The number of carbonyl (C=O) groups excluding carboxylic acids is 2. The molecule has 3 aromatic carbocycles. The molecule has 3 N–H and O–H groups in total. The lowest BCUT2D eigenvalue weighted by Crippen LogP contribution is -2.42. The molecule has 0 aliphatic heterocycles. The minimum Gasteiger partial charge on any atom is -0.480 e. The number of nitrogens with one attached hydrogen (secondary N) is 2. The van der Waals surface area contributed by atoms with Gasteiger partial charge >= 0.3 is 5.97 Å². The zero-order valence-electron chi connectivity index (χ0n) is 18.0. The number of fused-ring (bicyclic) bond motifs is 1. The van der Waals surface area contributed by atoms with Crippen LogP contribution in [-0.4, -0.2) is 33.5 Å². The summed E-state index contributed by atoms with van der Waals surface area (Å²) in [6, 6.07) is 23.9. The second-order valence-electron chi connectivity index (χ2n) is 7.70. The Bertz CT molecular complexity index is 1330. The van der Waals surface area contributed by atoms with Gasteiger partial charge in [-0.05, 0) is 29.8 Å². The summed E-state index contributed by atoms with van der Waals surface area (Å²) in [5.41, 5.74) is 2.64. The van der Waals surface area contributed by atoms with E-state index in [0.29, 0.717) is 11.4 Å². The molecule has 4 rings (SSSR count). The predicted molar refractivity (Wildman–Crippen MR) is 126 cm³/mol. The maximum Gasteiger partial charge on any atom is 0.326 e. The maximum absolute atomic E-state index is 13.0. The van der Waals surface area contributed by atoms with Crippen molar-refractivity contribution < 1.29 is 19.5 Å². The molecule has 166 valence electrons. The third-order valence-corrected chi connectivity index (χ3v) is 5.49. The Hall–Kier alpha value is -4.39. The van der Waals surface area contributed by atoms with Gasteiger partial charge in [0.2, 0.25) is 0 Å². The minimum atomic E-state index is -1.13. The number of carbonyl (C=O) groups is 3. The van der Waals surface area contributed by atoms with Crippen LogP contribution < -0.4 is 10.6 Å². The van der Waals surface area contributed by atoms with Crippen LogP contribution in [0.4, 0.5) is 5.69 Å². The first-order valence-corrected chi connectivity index (χ1v) is 10.5. The lowest BCUT2D eigenvalue weighted by Gasteiger charge is -2.17. The van der Waals surface area contributed by atoms with Gasteiger partial charge in [-0.25, -0.2) is 4.79 Å². The maximum atomic E-state index is 13.0. The second kappa shape index (κ2) is 9.40. The Morgan fingerprint density at radius 1 is 0.879 bits per heavy atom. The van der Waals surface area contributed by atoms with Gasteiger partial charge in [-0.1, -0.05) is 60.7 Å². The van der Waals surface area contributed by atoms with Crippen molar-refractivity contribution in [3.05, 3.63) is 102 Å². The molecule has 0 radical (unpaired) electrons. The van der Waals surface area contributed by atoms with Gasteiger partial charge in [-0.3, -0.25) is 9.59 Å². The molecule has 0 aliphatic rings. The molecule has 0 fully saturated rings. The van der Waals surface area contributed by atoms with Crippen LogP contribution in [0.2, 0.25) is 0 Å². The summed E-state index contributed by atoms with van der Waals surface area (Å²) in [5, 5.41) is 15.9. The second-order valence-corrected chi connectivity index (χ2v) is 7.70. The first-order valence-electron chi connectivity index (χ1n) is 10.5. The third-order valence-electron chi connectivity index (χ3n) is 5.49. The fourth-order valence-corrected chi connectivity index (χ4v) is 3.77. The fraction of sp³-hybridized carbons (Fsp3) is 0.115. The van der Waals surface area contributed by atoms with Gasteiger partial charge in [0.15, 0.2) is 0 Å². The number of nitrogens with zero attached hydrogens (tertiary/aromatic N) is 1. The van der Waals surface area contributed by atoms with Crippen molar-refractivity contribution in [1.29, 1.82) is 0 Å². The van der Waals surface area contributed by atoms with Gasteiger partial charge < -0.3 is 20.3 Å². The van der Waals surface area contributed by atoms with Crippen LogP contribution in [0.25, 0.3) is 10.9 Å². The van der Waals surface area contributed by atoms with E-state index in [1.54, 1.807) is 54.1 Å². The summed E-state index contributed by atoms with van der Waals surface area (Å²) in [6.07, 6.45) is 0.145. The van der Waals surface area contributed by atoms with Crippen molar-refractivity contribution in [2.45, 2.75) is 12.5 Å². The zero-order valence-corrected chi connectivity index (χ0v) is 18.0. The Balaban J connectivity index is 1.54. The lowest BCUT2D eigenvalue weighted by molar-refractivity contribution is -0.139. The summed E-state index contributed by atoms with van der Waals surface area (Å²) in [5.74, 6) is -2.08. The van der Waals surface area contributed by atoms with Crippen LogP contribution in [0.1, 0.15) is 26.4 Å². The molecule has 7 nitrogen and oxygen atoms in total. The summed E-state index contributed by atoms with van der Waals surface area (Å²) >= 11 is 0. The Labute approximate surface area is 190 Å². The number of benzene rings is 3. The molecule has 1 aromatic heterocycles. The smallest absolute Gasteiger partial charge is 0.326 e. The van der Waals surface area contributed by atoms with E-state index in [1.165, 1.54) is 0 Å². The van der Waals surface area contributed by atoms with Gasteiger partial charge in [0.05, 0.1) is 11.3 Å². The number of carboxylic acids is 1. The van der Waals surface area contributed by atoms with Gasteiger partial charge in [-0.15, -0.1) is 0 Å². The van der Waals surface area contributed by atoms with E-state index in [2.05, 4.69) is 10.6 Å². The number of hydrogen-bond acceptors (Lipinski definition) is 3. The average molecular weight is 441 g/mol. The summed E-state index contributed by atoms with van der Waals surface area (Å²) < 4.78 is 1.79. The molecule has 1 heterocycles. The number of aliphatic carboxylic acids is 1.